The Bertz CT molecular complexity index is 367. The van der Waals surface area contributed by atoms with Crippen LogP contribution >= 0.6 is 39.3 Å². The number of carbonyl (C=O) groups is 1. The molecule has 1 aromatic rings. The summed E-state index contributed by atoms with van der Waals surface area (Å²) in [5.74, 6) is 0.934. The summed E-state index contributed by atoms with van der Waals surface area (Å²) in [6.45, 7) is 0. The van der Waals surface area contributed by atoms with E-state index in [1.807, 2.05) is 12.1 Å². The molecule has 0 radical (unpaired) electrons. The molecule has 1 aliphatic rings. The summed E-state index contributed by atoms with van der Waals surface area (Å²) < 4.78 is 0. The smallest absolute Gasteiger partial charge is 0.178 e. The molecule has 1 nitrogen and oxygen atoms in total. The third-order valence-corrected chi connectivity index (χ3v) is 4.45. The van der Waals surface area contributed by atoms with E-state index >= 15 is 0 Å². The third kappa shape index (κ3) is 1.78. The number of Topliss-reactive ketones (excluding diaryl/α,β-unsaturated/α-hetero) is 1. The first-order chi connectivity index (χ1) is 6.18. The average Bonchev–Trinajstić information content (AvgIpc) is 2.12. The van der Waals surface area contributed by atoms with Gasteiger partial charge in [-0.1, -0.05) is 27.5 Å². The van der Waals surface area contributed by atoms with Crippen molar-refractivity contribution >= 4 is 45.1 Å². The molecule has 1 unspecified atom stereocenters. The van der Waals surface area contributed by atoms with Crippen LogP contribution in [-0.2, 0) is 0 Å². The second-order valence-electron chi connectivity index (χ2n) is 2.78. The highest BCUT2D eigenvalue weighted by molar-refractivity contribution is 9.10. The van der Waals surface area contributed by atoms with Crippen LogP contribution < -0.4 is 0 Å². The second-order valence-corrected chi connectivity index (χ2v) is 5.39. The fourth-order valence-electron chi connectivity index (χ4n) is 1.23. The molecule has 0 aromatic heterocycles. The topological polar surface area (TPSA) is 17.1 Å². The van der Waals surface area contributed by atoms with Crippen molar-refractivity contribution in [3.63, 3.8) is 0 Å². The van der Waals surface area contributed by atoms with Crippen LogP contribution in [0, 0.1) is 0 Å². The molecule has 1 atom stereocenters. The van der Waals surface area contributed by atoms with E-state index in [0.717, 1.165) is 16.2 Å². The molecule has 1 heterocycles. The van der Waals surface area contributed by atoms with Gasteiger partial charge in [0.1, 0.15) is 0 Å². The minimum absolute atomic E-state index is 0.0662. The molecule has 4 heteroatoms. The largest absolute Gasteiger partial charge is 0.293 e. The predicted octanol–water partition coefficient (Wildman–Crippen LogP) is 3.39. The van der Waals surface area contributed by atoms with E-state index < -0.39 is 0 Å². The molecule has 0 N–H and O–H groups in total. The molecule has 68 valence electrons. The molecular formula is C9H6BrClOS. The normalized spacial score (nSPS) is 21.4. The van der Waals surface area contributed by atoms with Crippen molar-refractivity contribution in [1.82, 2.24) is 0 Å². The van der Waals surface area contributed by atoms with E-state index in [1.54, 1.807) is 17.8 Å². The first-order valence-electron chi connectivity index (χ1n) is 3.79. The van der Waals surface area contributed by atoms with Gasteiger partial charge in [0.15, 0.2) is 5.78 Å². The number of fused-ring (bicyclic) bond motifs is 1. The van der Waals surface area contributed by atoms with Gasteiger partial charge in [-0.2, -0.15) is 0 Å². The van der Waals surface area contributed by atoms with Crippen LogP contribution in [0.3, 0.4) is 0 Å². The van der Waals surface area contributed by atoms with Crippen molar-refractivity contribution in [2.45, 2.75) is 9.72 Å². The Morgan fingerprint density at radius 3 is 3.08 bits per heavy atom. The number of alkyl halides is 1. The van der Waals surface area contributed by atoms with E-state index in [9.17, 15) is 4.79 Å². The molecule has 1 aliphatic heterocycles. The summed E-state index contributed by atoms with van der Waals surface area (Å²) in [6, 6.07) is 5.45. The molecule has 0 spiro atoms. The van der Waals surface area contributed by atoms with E-state index in [2.05, 4.69) is 15.9 Å². The Hall–Kier alpha value is 0.01000. The number of halogens is 2. The summed E-state index contributed by atoms with van der Waals surface area (Å²) in [4.78, 5) is 12.6. The molecule has 0 fully saturated rings. The van der Waals surface area contributed by atoms with Gasteiger partial charge in [0.05, 0.1) is 4.83 Å². The minimum Gasteiger partial charge on any atom is -0.293 e. The van der Waals surface area contributed by atoms with Gasteiger partial charge >= 0.3 is 0 Å². The number of rotatable bonds is 0. The Balaban J connectivity index is 2.51. The first kappa shape index (κ1) is 9.56. The van der Waals surface area contributed by atoms with Gasteiger partial charge < -0.3 is 0 Å². The summed E-state index contributed by atoms with van der Waals surface area (Å²) in [5, 5.41) is 0.620. The minimum atomic E-state index is -0.0662. The van der Waals surface area contributed by atoms with Crippen LogP contribution in [0.5, 0.6) is 0 Å². The number of thioether (sulfide) groups is 1. The van der Waals surface area contributed by atoms with E-state index in [0.29, 0.717) is 5.02 Å². The first-order valence-corrected chi connectivity index (χ1v) is 6.07. The molecule has 1 aromatic carbocycles. The van der Waals surface area contributed by atoms with Crippen LogP contribution in [-0.4, -0.2) is 16.4 Å². The molecule has 13 heavy (non-hydrogen) atoms. The Kier molecular flexibility index (Phi) is 2.67. The number of benzene rings is 1. The lowest BCUT2D eigenvalue weighted by Gasteiger charge is -2.18. The van der Waals surface area contributed by atoms with Crippen molar-refractivity contribution in [1.29, 1.82) is 0 Å². The van der Waals surface area contributed by atoms with Gasteiger partial charge in [-0.15, -0.1) is 11.8 Å². The molecule has 0 amide bonds. The zero-order valence-electron chi connectivity index (χ0n) is 6.59. The van der Waals surface area contributed by atoms with Gasteiger partial charge in [0.25, 0.3) is 0 Å². The average molecular weight is 278 g/mol. The van der Waals surface area contributed by atoms with E-state index in [-0.39, 0.29) is 10.6 Å². The summed E-state index contributed by atoms with van der Waals surface area (Å²) >= 11 is 10.8. The van der Waals surface area contributed by atoms with E-state index in [4.69, 9.17) is 11.6 Å². The Labute approximate surface area is 94.0 Å². The van der Waals surface area contributed by atoms with Crippen LogP contribution in [0.4, 0.5) is 0 Å². The maximum Gasteiger partial charge on any atom is 0.178 e. The summed E-state index contributed by atoms with van der Waals surface area (Å²) in [6.07, 6.45) is 0. The number of hydrogen-bond acceptors (Lipinski definition) is 2. The molecule has 0 aliphatic carbocycles. The summed E-state index contributed by atoms with van der Waals surface area (Å²) in [5.41, 5.74) is 0.741. The van der Waals surface area contributed by atoms with Gasteiger partial charge in [-0.05, 0) is 18.2 Å². The van der Waals surface area contributed by atoms with Crippen molar-refractivity contribution in [3.05, 3.63) is 28.8 Å². The van der Waals surface area contributed by atoms with Gasteiger partial charge in [-0.3, -0.25) is 4.79 Å². The van der Waals surface area contributed by atoms with Crippen LogP contribution in [0.15, 0.2) is 23.1 Å². The van der Waals surface area contributed by atoms with Gasteiger partial charge in [0.2, 0.25) is 0 Å². The fourth-order valence-corrected chi connectivity index (χ4v) is 3.00. The fraction of sp³-hybridized carbons (Fsp3) is 0.222. The number of hydrogen-bond donors (Lipinski definition) is 0. The molecular weight excluding hydrogens is 272 g/mol. The van der Waals surface area contributed by atoms with Gasteiger partial charge in [-0.25, -0.2) is 0 Å². The standard InChI is InChI=1S/C9H6BrClOS/c10-7-4-13-8-2-1-5(11)3-6(8)9(7)12/h1-3,7H,4H2. The number of carbonyl (C=O) groups excluding carboxylic acids is 1. The zero-order valence-corrected chi connectivity index (χ0v) is 9.75. The van der Waals surface area contributed by atoms with Crippen molar-refractivity contribution in [2.24, 2.45) is 0 Å². The Morgan fingerprint density at radius 1 is 1.54 bits per heavy atom. The third-order valence-electron chi connectivity index (χ3n) is 1.88. The van der Waals surface area contributed by atoms with E-state index in [1.165, 1.54) is 0 Å². The molecule has 0 saturated heterocycles. The lowest BCUT2D eigenvalue weighted by molar-refractivity contribution is 0.0992. The number of ketones is 1. The molecule has 0 bridgehead atoms. The van der Waals surface area contributed by atoms with Gasteiger partial charge in [0, 0.05) is 21.2 Å². The van der Waals surface area contributed by atoms with Crippen LogP contribution in [0.1, 0.15) is 10.4 Å². The monoisotopic (exact) mass is 276 g/mol. The SMILES string of the molecule is O=C1c2cc(Cl)ccc2SCC1Br. The van der Waals surface area contributed by atoms with Crippen LogP contribution in [0.2, 0.25) is 5.02 Å². The quantitative estimate of drug-likeness (QED) is 0.676. The highest BCUT2D eigenvalue weighted by Crippen LogP contribution is 2.34. The highest BCUT2D eigenvalue weighted by atomic mass is 79.9. The van der Waals surface area contributed by atoms with Crippen molar-refractivity contribution < 1.29 is 4.79 Å². The lowest BCUT2D eigenvalue weighted by atomic mass is 10.1. The molecule has 2 rings (SSSR count). The zero-order chi connectivity index (χ0) is 9.42. The maximum absolute atomic E-state index is 11.6. The predicted molar refractivity (Wildman–Crippen MR) is 59.2 cm³/mol. The highest BCUT2D eigenvalue weighted by Gasteiger charge is 2.25. The van der Waals surface area contributed by atoms with Crippen molar-refractivity contribution in [3.8, 4) is 0 Å². The maximum atomic E-state index is 11.6. The second kappa shape index (κ2) is 3.64. The van der Waals surface area contributed by atoms with Crippen molar-refractivity contribution in [2.75, 3.05) is 5.75 Å². The Morgan fingerprint density at radius 2 is 2.31 bits per heavy atom. The summed E-state index contributed by atoms with van der Waals surface area (Å²) in [7, 11) is 0. The molecule has 0 saturated carbocycles. The lowest BCUT2D eigenvalue weighted by Crippen LogP contribution is -2.21. The van der Waals surface area contributed by atoms with Crippen LogP contribution in [0.25, 0.3) is 0 Å².